The van der Waals surface area contributed by atoms with Gasteiger partial charge in [-0.2, -0.15) is 5.26 Å². The lowest BCUT2D eigenvalue weighted by atomic mass is 10.1. The van der Waals surface area contributed by atoms with E-state index in [9.17, 15) is 5.26 Å². The molecule has 0 bridgehead atoms. The number of fused-ring (bicyclic) bond motifs is 1. The minimum Gasteiger partial charge on any atom is -0.493 e. The standard InChI is InChI=1S/C19H16ClN3O2/c1-11-4-5-15-16(6-11)23-19(22-15)13(10-21)7-12-8-17(24-2)18(25-3)9-14(12)20/h4-9H,1-3H3,(H,22,23)/b13-7-. The van der Waals surface area contributed by atoms with E-state index < -0.39 is 0 Å². The Morgan fingerprint density at radius 1 is 1.20 bits per heavy atom. The molecule has 0 unspecified atom stereocenters. The van der Waals surface area contributed by atoms with Crippen molar-refractivity contribution in [1.29, 1.82) is 5.26 Å². The molecule has 6 heteroatoms. The van der Waals surface area contributed by atoms with Crippen molar-refractivity contribution in [1.82, 2.24) is 9.97 Å². The van der Waals surface area contributed by atoms with Crippen molar-refractivity contribution in [2.45, 2.75) is 6.92 Å². The zero-order valence-corrected chi connectivity index (χ0v) is 14.8. The van der Waals surface area contributed by atoms with Gasteiger partial charge in [-0.25, -0.2) is 4.98 Å². The smallest absolute Gasteiger partial charge is 0.162 e. The number of halogens is 1. The molecule has 2 aromatic carbocycles. The van der Waals surface area contributed by atoms with Crippen LogP contribution >= 0.6 is 11.6 Å². The Hall–Kier alpha value is -2.97. The topological polar surface area (TPSA) is 70.9 Å². The summed E-state index contributed by atoms with van der Waals surface area (Å²) >= 11 is 6.30. The summed E-state index contributed by atoms with van der Waals surface area (Å²) in [5.41, 5.74) is 3.83. The largest absolute Gasteiger partial charge is 0.493 e. The predicted octanol–water partition coefficient (Wildman–Crippen LogP) is 4.61. The molecule has 5 nitrogen and oxygen atoms in total. The van der Waals surface area contributed by atoms with Crippen molar-refractivity contribution in [3.8, 4) is 17.6 Å². The Bertz CT molecular complexity index is 1020. The number of methoxy groups -OCH3 is 2. The third-order valence-corrected chi connectivity index (χ3v) is 4.14. The van der Waals surface area contributed by atoms with Crippen molar-refractivity contribution in [3.63, 3.8) is 0 Å². The van der Waals surface area contributed by atoms with Gasteiger partial charge < -0.3 is 14.5 Å². The highest BCUT2D eigenvalue weighted by Gasteiger charge is 2.12. The highest BCUT2D eigenvalue weighted by molar-refractivity contribution is 6.32. The highest BCUT2D eigenvalue weighted by Crippen LogP contribution is 2.34. The molecular formula is C19H16ClN3O2. The van der Waals surface area contributed by atoms with Gasteiger partial charge in [0.15, 0.2) is 11.5 Å². The van der Waals surface area contributed by atoms with Gasteiger partial charge in [-0.05, 0) is 42.3 Å². The maximum Gasteiger partial charge on any atom is 0.162 e. The van der Waals surface area contributed by atoms with Crippen molar-refractivity contribution < 1.29 is 9.47 Å². The highest BCUT2D eigenvalue weighted by atomic mass is 35.5. The van der Waals surface area contributed by atoms with Crippen molar-refractivity contribution >= 4 is 34.3 Å². The molecule has 0 fully saturated rings. The van der Waals surface area contributed by atoms with Crippen LogP contribution in [0.1, 0.15) is 17.0 Å². The number of ether oxygens (including phenoxy) is 2. The minimum atomic E-state index is 0.378. The molecule has 0 radical (unpaired) electrons. The van der Waals surface area contributed by atoms with Gasteiger partial charge in [-0.1, -0.05) is 17.7 Å². The van der Waals surface area contributed by atoms with Crippen molar-refractivity contribution in [3.05, 3.63) is 52.3 Å². The van der Waals surface area contributed by atoms with E-state index in [0.29, 0.717) is 33.5 Å². The molecule has 0 atom stereocenters. The van der Waals surface area contributed by atoms with E-state index in [1.54, 1.807) is 32.4 Å². The first-order valence-corrected chi connectivity index (χ1v) is 7.93. The molecule has 3 rings (SSSR count). The van der Waals surface area contributed by atoms with Crippen LogP contribution in [0.15, 0.2) is 30.3 Å². The normalized spacial score (nSPS) is 11.4. The van der Waals surface area contributed by atoms with Crippen LogP contribution in [0.25, 0.3) is 22.7 Å². The third-order valence-electron chi connectivity index (χ3n) is 3.82. The second-order valence-corrected chi connectivity index (χ2v) is 5.91. The first-order valence-electron chi connectivity index (χ1n) is 7.55. The van der Waals surface area contributed by atoms with Crippen LogP contribution in [0.2, 0.25) is 5.02 Å². The zero-order chi connectivity index (χ0) is 18.0. The van der Waals surface area contributed by atoms with E-state index >= 15 is 0 Å². The fourth-order valence-corrected chi connectivity index (χ4v) is 2.75. The van der Waals surface area contributed by atoms with Gasteiger partial charge in [-0.3, -0.25) is 0 Å². The number of aryl methyl sites for hydroxylation is 1. The molecule has 25 heavy (non-hydrogen) atoms. The zero-order valence-electron chi connectivity index (χ0n) is 14.1. The lowest BCUT2D eigenvalue weighted by molar-refractivity contribution is 0.355. The number of aromatic amines is 1. The Balaban J connectivity index is 2.09. The number of imidazole rings is 1. The van der Waals surface area contributed by atoms with Crippen LogP contribution in [0, 0.1) is 18.3 Å². The van der Waals surface area contributed by atoms with E-state index in [2.05, 4.69) is 16.0 Å². The fourth-order valence-electron chi connectivity index (χ4n) is 2.54. The van der Waals surface area contributed by atoms with Crippen LogP contribution in [0.3, 0.4) is 0 Å². The fraction of sp³-hybridized carbons (Fsp3) is 0.158. The molecule has 0 amide bonds. The minimum absolute atomic E-state index is 0.378. The Labute approximate surface area is 150 Å². The number of H-pyrrole nitrogens is 1. The van der Waals surface area contributed by atoms with Crippen LogP contribution in [-0.2, 0) is 0 Å². The molecular weight excluding hydrogens is 338 g/mol. The van der Waals surface area contributed by atoms with Crippen LogP contribution < -0.4 is 9.47 Å². The summed E-state index contributed by atoms with van der Waals surface area (Å²) in [5, 5.41) is 10.0. The van der Waals surface area contributed by atoms with Gasteiger partial charge in [0.1, 0.15) is 11.9 Å². The summed E-state index contributed by atoms with van der Waals surface area (Å²) in [6.45, 7) is 2.00. The maximum absolute atomic E-state index is 9.56. The molecule has 0 aliphatic carbocycles. The van der Waals surface area contributed by atoms with Gasteiger partial charge in [0.2, 0.25) is 0 Å². The van der Waals surface area contributed by atoms with Gasteiger partial charge in [-0.15, -0.1) is 0 Å². The molecule has 126 valence electrons. The van der Waals surface area contributed by atoms with E-state index in [-0.39, 0.29) is 0 Å². The summed E-state index contributed by atoms with van der Waals surface area (Å²) in [6.07, 6.45) is 1.68. The van der Waals surface area contributed by atoms with E-state index in [0.717, 1.165) is 16.6 Å². The van der Waals surface area contributed by atoms with Crippen molar-refractivity contribution in [2.24, 2.45) is 0 Å². The van der Waals surface area contributed by atoms with Crippen LogP contribution in [0.5, 0.6) is 11.5 Å². The van der Waals surface area contributed by atoms with Crippen molar-refractivity contribution in [2.75, 3.05) is 14.2 Å². The molecule has 0 saturated carbocycles. The number of nitrogens with zero attached hydrogens (tertiary/aromatic N) is 2. The third kappa shape index (κ3) is 3.30. The summed E-state index contributed by atoms with van der Waals surface area (Å²) < 4.78 is 10.5. The summed E-state index contributed by atoms with van der Waals surface area (Å²) in [5.74, 6) is 1.56. The maximum atomic E-state index is 9.56. The number of hydrogen-bond acceptors (Lipinski definition) is 4. The lowest BCUT2D eigenvalue weighted by Gasteiger charge is -2.09. The average molecular weight is 354 g/mol. The summed E-state index contributed by atoms with van der Waals surface area (Å²) in [7, 11) is 3.09. The Kier molecular flexibility index (Phi) is 4.64. The van der Waals surface area contributed by atoms with E-state index in [4.69, 9.17) is 21.1 Å². The van der Waals surface area contributed by atoms with Gasteiger partial charge in [0.25, 0.3) is 0 Å². The molecule has 0 spiro atoms. The number of nitrogens with one attached hydrogen (secondary N) is 1. The monoisotopic (exact) mass is 353 g/mol. The lowest BCUT2D eigenvalue weighted by Crippen LogP contribution is -1.92. The molecule has 0 aliphatic rings. The number of hydrogen-bond donors (Lipinski definition) is 1. The number of rotatable bonds is 4. The molecule has 3 aromatic rings. The molecule has 0 aliphatic heterocycles. The summed E-state index contributed by atoms with van der Waals surface area (Å²) in [4.78, 5) is 7.66. The molecule has 1 aromatic heterocycles. The number of allylic oxidation sites excluding steroid dienone is 1. The first kappa shape index (κ1) is 16.9. The number of aromatic nitrogens is 2. The van der Waals surface area contributed by atoms with Gasteiger partial charge in [0.05, 0.1) is 35.8 Å². The van der Waals surface area contributed by atoms with Gasteiger partial charge >= 0.3 is 0 Å². The second-order valence-electron chi connectivity index (χ2n) is 5.50. The molecule has 1 heterocycles. The SMILES string of the molecule is COc1cc(Cl)c(/C=C(/C#N)c2nc3ccc(C)cc3[nH]2)cc1OC. The second kappa shape index (κ2) is 6.88. The van der Waals surface area contributed by atoms with E-state index in [1.807, 2.05) is 25.1 Å². The number of benzene rings is 2. The summed E-state index contributed by atoms with van der Waals surface area (Å²) in [6, 6.07) is 11.4. The van der Waals surface area contributed by atoms with E-state index in [1.165, 1.54) is 0 Å². The number of nitriles is 1. The first-order chi connectivity index (χ1) is 12.0. The predicted molar refractivity (Wildman–Crippen MR) is 98.9 cm³/mol. The Morgan fingerprint density at radius 3 is 2.60 bits per heavy atom. The van der Waals surface area contributed by atoms with Crippen LogP contribution in [-0.4, -0.2) is 24.2 Å². The van der Waals surface area contributed by atoms with Crippen LogP contribution in [0.4, 0.5) is 0 Å². The van der Waals surface area contributed by atoms with Gasteiger partial charge in [0, 0.05) is 6.07 Å². The Morgan fingerprint density at radius 2 is 1.92 bits per heavy atom. The molecule has 0 saturated heterocycles. The average Bonchev–Trinajstić information content (AvgIpc) is 3.03. The quantitative estimate of drug-likeness (QED) is 0.695. The molecule has 1 N–H and O–H groups in total.